The molecule has 0 radical (unpaired) electrons. The van der Waals surface area contributed by atoms with E-state index in [0.717, 1.165) is 0 Å². The lowest BCUT2D eigenvalue weighted by molar-refractivity contribution is 0.0998. The van der Waals surface area contributed by atoms with Crippen molar-refractivity contribution in [2.75, 3.05) is 23.5 Å². The molecule has 2 heterocycles. The number of fused-ring (bicyclic) bond motifs is 1. The minimum Gasteiger partial charge on any atom is -0.497 e. The number of thioether (sulfide) groups is 1. The van der Waals surface area contributed by atoms with Gasteiger partial charge in [0.25, 0.3) is 5.91 Å². The van der Waals surface area contributed by atoms with Crippen molar-refractivity contribution >= 4 is 44.1 Å². The second-order valence-corrected chi connectivity index (χ2v) is 10.6. The molecule has 7 nitrogen and oxygen atoms in total. The van der Waals surface area contributed by atoms with Gasteiger partial charge in [0.05, 0.1) is 24.7 Å². The van der Waals surface area contributed by atoms with E-state index < -0.39 is 15.7 Å². The monoisotopic (exact) mass is 444 g/mol. The van der Waals surface area contributed by atoms with Gasteiger partial charge in [0.2, 0.25) is 0 Å². The molecule has 1 amide bonds. The number of nitrogens with zero attached hydrogens (tertiary/aromatic N) is 2. The van der Waals surface area contributed by atoms with Gasteiger partial charge in [-0.05, 0) is 55.5 Å². The van der Waals surface area contributed by atoms with Crippen molar-refractivity contribution < 1.29 is 22.7 Å². The maximum absolute atomic E-state index is 12.7. The molecule has 156 valence electrons. The van der Waals surface area contributed by atoms with Gasteiger partial charge in [0, 0.05) is 22.1 Å². The lowest BCUT2D eigenvalue weighted by Crippen LogP contribution is -2.37. The lowest BCUT2D eigenvalue weighted by atomic mass is 10.1. The molecule has 0 saturated carbocycles. The molecule has 0 N–H and O–H groups in total. The molecule has 2 aliphatic rings. The zero-order chi connectivity index (χ0) is 21.5. The fraction of sp³-hybridized carbons (Fsp3) is 0.286. The van der Waals surface area contributed by atoms with Gasteiger partial charge in [-0.1, -0.05) is 11.8 Å². The summed E-state index contributed by atoms with van der Waals surface area (Å²) >= 11 is 1.31. The van der Waals surface area contributed by atoms with Gasteiger partial charge < -0.3 is 9.64 Å². The topological polar surface area (TPSA) is 93.1 Å². The van der Waals surface area contributed by atoms with E-state index in [1.807, 2.05) is 4.90 Å². The molecule has 0 bridgehead atoms. The zero-order valence-corrected chi connectivity index (χ0v) is 18.1. The molecule has 30 heavy (non-hydrogen) atoms. The number of ketones is 1. The first-order chi connectivity index (χ1) is 14.3. The van der Waals surface area contributed by atoms with E-state index in [-0.39, 0.29) is 28.6 Å². The number of hydrogen-bond acceptors (Lipinski definition) is 6. The Bertz CT molecular complexity index is 1120. The quantitative estimate of drug-likeness (QED) is 0.670. The van der Waals surface area contributed by atoms with Crippen LogP contribution in [0.2, 0.25) is 0 Å². The summed E-state index contributed by atoms with van der Waals surface area (Å²) < 4.78 is 29.5. The standard InChI is InChI=1S/C21H20N2O5S2/c1-13(24)14-3-7-16(8-4-14)23-18-11-30(26,27)12-19(18)29-21(23)22-20(25)15-5-9-17(28-2)10-6-15/h3-10,18-19H,11-12H2,1-2H3/t18-,19-/m0/s1. The number of rotatable bonds is 4. The third-order valence-corrected chi connectivity index (χ3v) is 8.36. The Labute approximate surface area is 179 Å². The van der Waals surface area contributed by atoms with Gasteiger partial charge in [-0.15, -0.1) is 0 Å². The number of hydrogen-bond donors (Lipinski definition) is 0. The maximum atomic E-state index is 12.7. The Morgan fingerprint density at radius 2 is 1.67 bits per heavy atom. The van der Waals surface area contributed by atoms with Crippen LogP contribution in [0.1, 0.15) is 27.6 Å². The van der Waals surface area contributed by atoms with Gasteiger partial charge in [-0.2, -0.15) is 4.99 Å². The maximum Gasteiger partial charge on any atom is 0.279 e. The van der Waals surface area contributed by atoms with Gasteiger partial charge in [0.15, 0.2) is 20.8 Å². The first-order valence-corrected chi connectivity index (χ1v) is 12.0. The van der Waals surface area contributed by atoms with E-state index in [1.165, 1.54) is 18.7 Å². The average Bonchev–Trinajstić information content (AvgIpc) is 3.18. The van der Waals surface area contributed by atoms with Crippen LogP contribution in [0.15, 0.2) is 53.5 Å². The number of sulfone groups is 1. The van der Waals surface area contributed by atoms with Crippen LogP contribution >= 0.6 is 11.8 Å². The molecule has 2 saturated heterocycles. The number of amidine groups is 1. The summed E-state index contributed by atoms with van der Waals surface area (Å²) in [4.78, 5) is 30.4. The van der Waals surface area contributed by atoms with Crippen LogP contribution < -0.4 is 9.64 Å². The summed E-state index contributed by atoms with van der Waals surface area (Å²) in [6, 6.07) is 13.3. The molecular formula is C21H20N2O5S2. The Kier molecular flexibility index (Phi) is 5.42. The molecule has 0 aliphatic carbocycles. The summed E-state index contributed by atoms with van der Waals surface area (Å²) in [5.41, 5.74) is 1.69. The number of aliphatic imine (C=N–C) groups is 1. The fourth-order valence-corrected chi connectivity index (χ4v) is 7.52. The largest absolute Gasteiger partial charge is 0.497 e. The van der Waals surface area contributed by atoms with Gasteiger partial charge in [0.1, 0.15) is 5.75 Å². The van der Waals surface area contributed by atoms with E-state index in [4.69, 9.17) is 4.74 Å². The van der Waals surface area contributed by atoms with Crippen molar-refractivity contribution in [2.45, 2.75) is 18.2 Å². The summed E-state index contributed by atoms with van der Waals surface area (Å²) in [7, 11) is -1.60. The minimum absolute atomic E-state index is 0.00880. The van der Waals surface area contributed by atoms with Crippen molar-refractivity contribution in [3.8, 4) is 5.75 Å². The molecule has 2 aliphatic heterocycles. The van der Waals surface area contributed by atoms with Crippen molar-refractivity contribution in [2.24, 2.45) is 4.99 Å². The molecule has 2 aromatic carbocycles. The van der Waals surface area contributed by atoms with Crippen molar-refractivity contribution in [1.82, 2.24) is 0 Å². The number of carbonyl (C=O) groups excluding carboxylic acids is 2. The minimum atomic E-state index is -3.15. The Morgan fingerprint density at radius 3 is 2.27 bits per heavy atom. The van der Waals surface area contributed by atoms with Crippen LogP contribution in [-0.2, 0) is 9.84 Å². The summed E-state index contributed by atoms with van der Waals surface area (Å²) in [6.07, 6.45) is 0. The fourth-order valence-electron chi connectivity index (χ4n) is 3.61. The highest BCUT2D eigenvalue weighted by atomic mass is 32.2. The molecule has 2 aromatic rings. The Morgan fingerprint density at radius 1 is 1.03 bits per heavy atom. The van der Waals surface area contributed by atoms with Crippen LogP contribution in [0.3, 0.4) is 0 Å². The highest BCUT2D eigenvalue weighted by Crippen LogP contribution is 2.41. The predicted molar refractivity (Wildman–Crippen MR) is 118 cm³/mol. The van der Waals surface area contributed by atoms with Gasteiger partial charge >= 0.3 is 0 Å². The molecule has 0 spiro atoms. The van der Waals surface area contributed by atoms with Crippen LogP contribution in [0.4, 0.5) is 5.69 Å². The number of Topliss-reactive ketones (excluding diaryl/α,β-unsaturated/α-hetero) is 1. The molecule has 0 aromatic heterocycles. The number of amides is 1. The van der Waals surface area contributed by atoms with Crippen LogP contribution in [-0.4, -0.2) is 55.2 Å². The second kappa shape index (κ2) is 7.88. The third kappa shape index (κ3) is 3.99. The number of carbonyl (C=O) groups is 2. The van der Waals surface area contributed by atoms with Gasteiger partial charge in [-0.25, -0.2) is 8.42 Å². The third-order valence-electron chi connectivity index (χ3n) is 5.15. The van der Waals surface area contributed by atoms with Crippen molar-refractivity contribution in [1.29, 1.82) is 0 Å². The van der Waals surface area contributed by atoms with Crippen LogP contribution in [0, 0.1) is 0 Å². The van der Waals surface area contributed by atoms with E-state index >= 15 is 0 Å². The number of anilines is 1. The summed E-state index contributed by atoms with van der Waals surface area (Å²) in [6.45, 7) is 1.49. The van der Waals surface area contributed by atoms with E-state index in [9.17, 15) is 18.0 Å². The lowest BCUT2D eigenvalue weighted by Gasteiger charge is -2.24. The Balaban J connectivity index is 1.69. The first-order valence-electron chi connectivity index (χ1n) is 9.32. The first kappa shape index (κ1) is 20.6. The molecule has 2 fully saturated rings. The molecule has 9 heteroatoms. The average molecular weight is 445 g/mol. The molecular weight excluding hydrogens is 424 g/mol. The smallest absolute Gasteiger partial charge is 0.279 e. The van der Waals surface area contributed by atoms with Crippen LogP contribution in [0.25, 0.3) is 0 Å². The van der Waals surface area contributed by atoms with Crippen LogP contribution in [0.5, 0.6) is 5.75 Å². The number of ether oxygens (including phenoxy) is 1. The predicted octanol–water partition coefficient (Wildman–Crippen LogP) is 2.81. The molecule has 2 atom stereocenters. The van der Waals surface area contributed by atoms with E-state index in [0.29, 0.717) is 27.7 Å². The summed E-state index contributed by atoms with van der Waals surface area (Å²) in [5, 5.41) is 0.279. The van der Waals surface area contributed by atoms with E-state index in [2.05, 4.69) is 4.99 Å². The normalized spacial score (nSPS) is 23.4. The highest BCUT2D eigenvalue weighted by Gasteiger charge is 2.49. The molecule has 4 rings (SSSR count). The SMILES string of the molecule is COc1ccc(C(=O)N=C2S[C@H]3CS(=O)(=O)C[C@@H]3N2c2ccc(C(C)=O)cc2)cc1. The highest BCUT2D eigenvalue weighted by molar-refractivity contribution is 8.16. The van der Waals surface area contributed by atoms with E-state index in [1.54, 1.807) is 55.6 Å². The zero-order valence-electron chi connectivity index (χ0n) is 16.4. The Hall–Kier alpha value is -2.65. The number of methoxy groups -OCH3 is 1. The van der Waals surface area contributed by atoms with Crippen molar-refractivity contribution in [3.63, 3.8) is 0 Å². The molecule has 0 unspecified atom stereocenters. The second-order valence-electron chi connectivity index (χ2n) is 7.20. The van der Waals surface area contributed by atoms with Gasteiger partial charge in [-0.3, -0.25) is 9.59 Å². The summed E-state index contributed by atoms with van der Waals surface area (Å²) in [5.74, 6) is 0.242. The number of benzene rings is 2. The van der Waals surface area contributed by atoms with Crippen molar-refractivity contribution in [3.05, 3.63) is 59.7 Å².